The van der Waals surface area contributed by atoms with Gasteiger partial charge in [-0.3, -0.25) is 4.79 Å². The summed E-state index contributed by atoms with van der Waals surface area (Å²) in [6, 6.07) is 2.21. The maximum Gasteiger partial charge on any atom is 0.416 e. The van der Waals surface area contributed by atoms with E-state index < -0.39 is 17.6 Å². The predicted octanol–water partition coefficient (Wildman–Crippen LogP) is 3.27. The number of hydrogen-bond donors (Lipinski definition) is 1. The number of likely N-dealkylation sites (tertiary alicyclic amines) is 1. The van der Waals surface area contributed by atoms with Gasteiger partial charge in [-0.15, -0.1) is 0 Å². The molecule has 1 aromatic carbocycles. The number of anilines is 1. The lowest BCUT2D eigenvalue weighted by Crippen LogP contribution is -2.39. The highest BCUT2D eigenvalue weighted by molar-refractivity contribution is 5.81. The number of alkyl halides is 3. The van der Waals surface area contributed by atoms with Crippen LogP contribution in [-0.2, 0) is 11.0 Å². The Morgan fingerprint density at radius 3 is 2.43 bits per heavy atom. The highest BCUT2D eigenvalue weighted by atomic mass is 19.4. The number of amides is 1. The van der Waals surface area contributed by atoms with Crippen LogP contribution in [0.15, 0.2) is 18.2 Å². The highest BCUT2D eigenvalue weighted by Gasteiger charge is 2.31. The van der Waals surface area contributed by atoms with Crippen molar-refractivity contribution >= 4 is 11.6 Å². The molecule has 1 aromatic rings. The standard InChI is InChI=1S/C14H16F4N2O/c15-11-8-10(14(16,17)18)4-5-12(11)19-9-13(21)20-6-2-1-3-7-20/h4-5,8,19H,1-3,6-7,9H2. The first kappa shape index (κ1) is 15.6. The van der Waals surface area contributed by atoms with Crippen molar-refractivity contribution in [3.05, 3.63) is 29.6 Å². The smallest absolute Gasteiger partial charge is 0.374 e. The largest absolute Gasteiger partial charge is 0.416 e. The van der Waals surface area contributed by atoms with E-state index >= 15 is 0 Å². The molecule has 116 valence electrons. The first-order valence-corrected chi connectivity index (χ1v) is 6.76. The van der Waals surface area contributed by atoms with E-state index in [1.54, 1.807) is 4.90 Å². The second-order valence-electron chi connectivity index (χ2n) is 4.99. The van der Waals surface area contributed by atoms with Gasteiger partial charge >= 0.3 is 6.18 Å². The average Bonchev–Trinajstić information content (AvgIpc) is 2.45. The molecule has 0 radical (unpaired) electrons. The van der Waals surface area contributed by atoms with E-state index in [2.05, 4.69) is 5.32 Å². The number of nitrogens with zero attached hydrogens (tertiary/aromatic N) is 1. The Kier molecular flexibility index (Phi) is 4.69. The van der Waals surface area contributed by atoms with Crippen molar-refractivity contribution in [2.75, 3.05) is 25.0 Å². The van der Waals surface area contributed by atoms with E-state index in [1.165, 1.54) is 0 Å². The van der Waals surface area contributed by atoms with Crippen LogP contribution < -0.4 is 5.32 Å². The fraction of sp³-hybridized carbons (Fsp3) is 0.500. The van der Waals surface area contributed by atoms with E-state index in [1.807, 2.05) is 0 Å². The lowest BCUT2D eigenvalue weighted by molar-refractivity contribution is -0.137. The molecule has 21 heavy (non-hydrogen) atoms. The zero-order valence-electron chi connectivity index (χ0n) is 11.3. The SMILES string of the molecule is O=C(CNc1ccc(C(F)(F)F)cc1F)N1CCCCC1. The van der Waals surface area contributed by atoms with Crippen LogP contribution in [0, 0.1) is 5.82 Å². The van der Waals surface area contributed by atoms with E-state index in [4.69, 9.17) is 0 Å². The van der Waals surface area contributed by atoms with Crippen LogP contribution >= 0.6 is 0 Å². The second kappa shape index (κ2) is 6.32. The van der Waals surface area contributed by atoms with Gasteiger partial charge in [0.1, 0.15) is 5.82 Å². The van der Waals surface area contributed by atoms with Crippen molar-refractivity contribution in [2.45, 2.75) is 25.4 Å². The Hall–Kier alpha value is -1.79. The molecule has 0 aromatic heterocycles. The lowest BCUT2D eigenvalue weighted by Gasteiger charge is -2.27. The number of rotatable bonds is 3. The molecule has 1 N–H and O–H groups in total. The minimum Gasteiger partial charge on any atom is -0.374 e. The summed E-state index contributed by atoms with van der Waals surface area (Å²) in [5, 5.41) is 2.56. The quantitative estimate of drug-likeness (QED) is 0.869. The van der Waals surface area contributed by atoms with Gasteiger partial charge in [0.15, 0.2) is 0 Å². The third-order valence-corrected chi connectivity index (χ3v) is 3.44. The number of benzene rings is 1. The normalized spacial score (nSPS) is 15.9. The summed E-state index contributed by atoms with van der Waals surface area (Å²) in [7, 11) is 0. The first-order chi connectivity index (χ1) is 9.88. The molecule has 1 aliphatic heterocycles. The third-order valence-electron chi connectivity index (χ3n) is 3.44. The molecule has 0 bridgehead atoms. The monoisotopic (exact) mass is 304 g/mol. The van der Waals surface area contributed by atoms with Crippen molar-refractivity contribution < 1.29 is 22.4 Å². The van der Waals surface area contributed by atoms with E-state index in [0.29, 0.717) is 19.2 Å². The number of piperidine rings is 1. The van der Waals surface area contributed by atoms with Gasteiger partial charge in [-0.25, -0.2) is 4.39 Å². The van der Waals surface area contributed by atoms with Crippen LogP contribution in [0.5, 0.6) is 0 Å². The van der Waals surface area contributed by atoms with Gasteiger partial charge < -0.3 is 10.2 Å². The molecule has 1 aliphatic rings. The third kappa shape index (κ3) is 4.09. The van der Waals surface area contributed by atoms with Crippen molar-refractivity contribution in [1.29, 1.82) is 0 Å². The Bertz CT molecular complexity index is 510. The molecule has 2 rings (SSSR count). The number of hydrogen-bond acceptors (Lipinski definition) is 2. The number of nitrogens with one attached hydrogen (secondary N) is 1. The number of halogens is 4. The molecule has 1 fully saturated rings. The zero-order valence-corrected chi connectivity index (χ0v) is 11.3. The van der Waals surface area contributed by atoms with Gasteiger partial charge in [0.25, 0.3) is 0 Å². The average molecular weight is 304 g/mol. The topological polar surface area (TPSA) is 32.3 Å². The fourth-order valence-electron chi connectivity index (χ4n) is 2.26. The molecule has 0 unspecified atom stereocenters. The summed E-state index contributed by atoms with van der Waals surface area (Å²) in [5.41, 5.74) is -1.15. The van der Waals surface area contributed by atoms with E-state index in [9.17, 15) is 22.4 Å². The molecule has 1 saturated heterocycles. The number of carbonyl (C=O) groups excluding carboxylic acids is 1. The van der Waals surface area contributed by atoms with Gasteiger partial charge in [0.05, 0.1) is 17.8 Å². The minimum absolute atomic E-state index is 0.103. The van der Waals surface area contributed by atoms with E-state index in [-0.39, 0.29) is 18.1 Å². The summed E-state index contributed by atoms with van der Waals surface area (Å²) >= 11 is 0. The molecule has 0 aliphatic carbocycles. The van der Waals surface area contributed by atoms with Crippen LogP contribution in [0.25, 0.3) is 0 Å². The fourth-order valence-corrected chi connectivity index (χ4v) is 2.26. The maximum absolute atomic E-state index is 13.6. The van der Waals surface area contributed by atoms with Crippen LogP contribution in [0.1, 0.15) is 24.8 Å². The maximum atomic E-state index is 13.6. The van der Waals surface area contributed by atoms with Crippen LogP contribution in [-0.4, -0.2) is 30.4 Å². The van der Waals surface area contributed by atoms with Crippen molar-refractivity contribution in [3.8, 4) is 0 Å². The van der Waals surface area contributed by atoms with E-state index in [0.717, 1.165) is 31.4 Å². The molecular formula is C14H16F4N2O. The summed E-state index contributed by atoms with van der Waals surface area (Å²) in [6.45, 7) is 1.23. The van der Waals surface area contributed by atoms with Crippen molar-refractivity contribution in [2.24, 2.45) is 0 Å². The van der Waals surface area contributed by atoms with Crippen LogP contribution in [0.2, 0.25) is 0 Å². The molecule has 1 heterocycles. The summed E-state index contributed by atoms with van der Waals surface area (Å²) < 4.78 is 50.8. The lowest BCUT2D eigenvalue weighted by atomic mass is 10.1. The van der Waals surface area contributed by atoms with Gasteiger partial charge in [-0.05, 0) is 37.5 Å². The molecule has 7 heteroatoms. The van der Waals surface area contributed by atoms with Gasteiger partial charge in [-0.1, -0.05) is 0 Å². The minimum atomic E-state index is -4.58. The van der Waals surface area contributed by atoms with Crippen molar-refractivity contribution in [3.63, 3.8) is 0 Å². The Morgan fingerprint density at radius 1 is 1.19 bits per heavy atom. The molecule has 1 amide bonds. The Balaban J connectivity index is 1.95. The summed E-state index contributed by atoms with van der Waals surface area (Å²) in [4.78, 5) is 13.5. The molecule has 0 saturated carbocycles. The molecule has 0 atom stereocenters. The summed E-state index contributed by atoms with van der Waals surface area (Å²) in [5.74, 6) is -1.19. The Morgan fingerprint density at radius 2 is 1.86 bits per heavy atom. The predicted molar refractivity (Wildman–Crippen MR) is 70.3 cm³/mol. The van der Waals surface area contributed by atoms with Crippen LogP contribution in [0.4, 0.5) is 23.2 Å². The van der Waals surface area contributed by atoms with Crippen molar-refractivity contribution in [1.82, 2.24) is 4.90 Å². The highest BCUT2D eigenvalue weighted by Crippen LogP contribution is 2.31. The van der Waals surface area contributed by atoms with Gasteiger partial charge in [0, 0.05) is 13.1 Å². The Labute approximate surface area is 119 Å². The molecule has 0 spiro atoms. The van der Waals surface area contributed by atoms with Gasteiger partial charge in [-0.2, -0.15) is 13.2 Å². The first-order valence-electron chi connectivity index (χ1n) is 6.76. The zero-order chi connectivity index (χ0) is 15.5. The number of carbonyl (C=O) groups is 1. The van der Waals surface area contributed by atoms with Gasteiger partial charge in [0.2, 0.25) is 5.91 Å². The summed E-state index contributed by atoms with van der Waals surface area (Å²) in [6.07, 6.45) is -1.60. The molecular weight excluding hydrogens is 288 g/mol. The second-order valence-corrected chi connectivity index (χ2v) is 4.99. The van der Waals surface area contributed by atoms with Crippen LogP contribution in [0.3, 0.4) is 0 Å². The molecule has 3 nitrogen and oxygen atoms in total.